The Morgan fingerprint density at radius 1 is 0.929 bits per heavy atom. The van der Waals surface area contributed by atoms with E-state index in [4.69, 9.17) is 0 Å². The fourth-order valence-corrected chi connectivity index (χ4v) is 9.34. The molecule has 0 amide bonds. The van der Waals surface area contributed by atoms with Gasteiger partial charge in [-0.05, 0) is 104 Å². The van der Waals surface area contributed by atoms with Crippen molar-refractivity contribution in [2.75, 3.05) is 6.61 Å². The van der Waals surface area contributed by atoms with Crippen molar-refractivity contribution in [3.63, 3.8) is 0 Å². The Kier molecular flexibility index (Phi) is 5.69. The van der Waals surface area contributed by atoms with Gasteiger partial charge in [0.1, 0.15) is 0 Å². The van der Waals surface area contributed by atoms with Gasteiger partial charge in [0.2, 0.25) is 0 Å². The van der Waals surface area contributed by atoms with E-state index >= 15 is 0 Å². The lowest BCUT2D eigenvalue weighted by Crippen LogP contribution is -2.62. The Balaban J connectivity index is 1.67. The van der Waals surface area contributed by atoms with Crippen LogP contribution in [0.4, 0.5) is 0 Å². The van der Waals surface area contributed by atoms with Crippen LogP contribution in [0.3, 0.4) is 0 Å². The van der Waals surface area contributed by atoms with Gasteiger partial charge < -0.3 is 15.3 Å². The maximum atomic E-state index is 11.7. The normalized spacial score (nSPS) is 54.5. The molecule has 3 nitrogen and oxygen atoms in total. The van der Waals surface area contributed by atoms with Crippen molar-refractivity contribution < 1.29 is 15.3 Å². The number of hydrogen-bond acceptors (Lipinski definition) is 3. The number of hydrogen-bond donors (Lipinski definition) is 3. The van der Waals surface area contributed by atoms with Gasteiger partial charge >= 0.3 is 0 Å². The lowest BCUT2D eigenvalue weighted by atomic mass is 9.41. The first kappa shape index (κ1) is 21.1. The van der Waals surface area contributed by atoms with Crippen LogP contribution in [-0.2, 0) is 0 Å². The SMILES string of the molecule is CCC1C2C[C@H](O)CCC2(C)C2CC[C@@]3(C)C(CC[C@@H]3[C@H](C)CCO)C2[C@H]1O. The van der Waals surface area contributed by atoms with Crippen molar-refractivity contribution >= 4 is 0 Å². The molecular weight excluding hydrogens is 348 g/mol. The van der Waals surface area contributed by atoms with E-state index in [9.17, 15) is 15.3 Å². The van der Waals surface area contributed by atoms with Gasteiger partial charge in [0.15, 0.2) is 0 Å². The predicted molar refractivity (Wildman–Crippen MR) is 113 cm³/mol. The predicted octanol–water partition coefficient (Wildman–Crippen LogP) is 4.63. The van der Waals surface area contributed by atoms with Crippen LogP contribution < -0.4 is 0 Å². The van der Waals surface area contributed by atoms with Crippen LogP contribution in [0.25, 0.3) is 0 Å². The first-order valence-corrected chi connectivity index (χ1v) is 12.2. The summed E-state index contributed by atoms with van der Waals surface area (Å²) in [5, 5.41) is 31.6. The van der Waals surface area contributed by atoms with E-state index in [0.29, 0.717) is 58.9 Å². The zero-order valence-corrected chi connectivity index (χ0v) is 18.6. The zero-order chi connectivity index (χ0) is 20.3. The molecule has 3 heteroatoms. The summed E-state index contributed by atoms with van der Waals surface area (Å²) in [6, 6.07) is 0. The highest BCUT2D eigenvalue weighted by molar-refractivity contribution is 5.13. The van der Waals surface area contributed by atoms with Gasteiger partial charge in [-0.25, -0.2) is 0 Å². The molecule has 0 bridgehead atoms. The highest BCUT2D eigenvalue weighted by Crippen LogP contribution is 2.69. The Bertz CT molecular complexity index is 564. The molecule has 0 heterocycles. The summed E-state index contributed by atoms with van der Waals surface area (Å²) in [5.41, 5.74) is 0.617. The quantitative estimate of drug-likeness (QED) is 0.653. The molecule has 11 atom stereocenters. The molecule has 0 aromatic carbocycles. The minimum absolute atomic E-state index is 0.167. The number of fused-ring (bicyclic) bond motifs is 5. The third kappa shape index (κ3) is 2.94. The highest BCUT2D eigenvalue weighted by atomic mass is 16.3. The second-order valence-electron chi connectivity index (χ2n) is 11.6. The third-order valence-corrected chi connectivity index (χ3v) is 10.7. The lowest BCUT2D eigenvalue weighted by Gasteiger charge is -2.64. The number of aliphatic hydroxyl groups excluding tert-OH is 3. The molecule has 162 valence electrons. The molecule has 0 spiro atoms. The molecule has 4 aliphatic rings. The highest BCUT2D eigenvalue weighted by Gasteiger charge is 2.64. The fourth-order valence-electron chi connectivity index (χ4n) is 9.34. The second kappa shape index (κ2) is 7.54. The van der Waals surface area contributed by atoms with Crippen LogP contribution in [0.5, 0.6) is 0 Å². The molecule has 0 aliphatic heterocycles. The number of rotatable bonds is 4. The van der Waals surface area contributed by atoms with E-state index < -0.39 is 0 Å². The van der Waals surface area contributed by atoms with Gasteiger partial charge in [-0.3, -0.25) is 0 Å². The maximum absolute atomic E-state index is 11.7. The molecule has 0 aromatic rings. The van der Waals surface area contributed by atoms with Crippen LogP contribution in [0.1, 0.15) is 85.5 Å². The van der Waals surface area contributed by atoms with Crippen LogP contribution in [0.2, 0.25) is 0 Å². The molecule has 0 aromatic heterocycles. The molecule has 4 aliphatic carbocycles. The summed E-state index contributed by atoms with van der Waals surface area (Å²) in [6.45, 7) is 9.92. The third-order valence-electron chi connectivity index (χ3n) is 10.7. The minimum atomic E-state index is -0.199. The van der Waals surface area contributed by atoms with Crippen molar-refractivity contribution in [3.8, 4) is 0 Å². The van der Waals surface area contributed by atoms with Crippen LogP contribution in [0, 0.1) is 52.3 Å². The molecular formula is C25H44O3. The smallest absolute Gasteiger partial charge is 0.0605 e. The van der Waals surface area contributed by atoms with Crippen LogP contribution >= 0.6 is 0 Å². The number of aliphatic hydroxyl groups is 3. The first-order chi connectivity index (χ1) is 13.3. The Morgan fingerprint density at radius 2 is 1.61 bits per heavy atom. The Labute approximate surface area is 172 Å². The van der Waals surface area contributed by atoms with Gasteiger partial charge in [-0.15, -0.1) is 0 Å². The molecule has 3 N–H and O–H groups in total. The first-order valence-electron chi connectivity index (χ1n) is 12.2. The molecule has 28 heavy (non-hydrogen) atoms. The lowest BCUT2D eigenvalue weighted by molar-refractivity contribution is -0.203. The van der Waals surface area contributed by atoms with Gasteiger partial charge in [0.25, 0.3) is 0 Å². The van der Waals surface area contributed by atoms with Crippen LogP contribution in [0.15, 0.2) is 0 Å². The molecule has 0 saturated heterocycles. The Morgan fingerprint density at radius 3 is 2.29 bits per heavy atom. The summed E-state index contributed by atoms with van der Waals surface area (Å²) >= 11 is 0. The summed E-state index contributed by atoms with van der Waals surface area (Å²) in [5.74, 6) is 3.78. The monoisotopic (exact) mass is 392 g/mol. The molecule has 0 radical (unpaired) electrons. The van der Waals surface area contributed by atoms with E-state index in [1.54, 1.807) is 0 Å². The van der Waals surface area contributed by atoms with Crippen molar-refractivity contribution in [1.29, 1.82) is 0 Å². The average molecular weight is 393 g/mol. The van der Waals surface area contributed by atoms with Crippen LogP contribution in [-0.4, -0.2) is 34.1 Å². The fraction of sp³-hybridized carbons (Fsp3) is 1.00. The van der Waals surface area contributed by atoms with E-state index in [-0.39, 0.29) is 12.2 Å². The van der Waals surface area contributed by atoms with E-state index in [2.05, 4.69) is 27.7 Å². The van der Waals surface area contributed by atoms with Gasteiger partial charge in [-0.1, -0.05) is 34.1 Å². The summed E-state index contributed by atoms with van der Waals surface area (Å²) in [7, 11) is 0. The Hall–Kier alpha value is -0.120. The van der Waals surface area contributed by atoms with E-state index in [1.807, 2.05) is 0 Å². The molecule has 4 fully saturated rings. The largest absolute Gasteiger partial charge is 0.396 e. The second-order valence-corrected chi connectivity index (χ2v) is 11.6. The topological polar surface area (TPSA) is 60.7 Å². The average Bonchev–Trinajstić information content (AvgIpc) is 3.01. The van der Waals surface area contributed by atoms with Crippen molar-refractivity contribution in [3.05, 3.63) is 0 Å². The van der Waals surface area contributed by atoms with Crippen molar-refractivity contribution in [2.24, 2.45) is 52.3 Å². The summed E-state index contributed by atoms with van der Waals surface area (Å²) in [4.78, 5) is 0. The van der Waals surface area contributed by atoms with E-state index in [1.165, 1.54) is 25.7 Å². The van der Waals surface area contributed by atoms with Gasteiger partial charge in [0, 0.05) is 6.61 Å². The molecule has 4 saturated carbocycles. The maximum Gasteiger partial charge on any atom is 0.0605 e. The molecule has 4 rings (SSSR count). The summed E-state index contributed by atoms with van der Waals surface area (Å²) in [6.07, 6.45) is 9.62. The van der Waals surface area contributed by atoms with E-state index in [0.717, 1.165) is 32.1 Å². The standard InChI is InChI=1S/C25H44O3/c1-5-17-21-14-16(27)8-11-25(21,4)20-9-12-24(3)18(15(2)10-13-26)6-7-19(24)22(20)23(17)28/h15-23,26-28H,5-14H2,1-4H3/t15-,16-,17?,18-,19?,20?,21?,22?,23+,24-,25?/m1/s1. The van der Waals surface area contributed by atoms with Gasteiger partial charge in [0.05, 0.1) is 12.2 Å². The van der Waals surface area contributed by atoms with Crippen molar-refractivity contribution in [1.82, 2.24) is 0 Å². The van der Waals surface area contributed by atoms with Gasteiger partial charge in [-0.2, -0.15) is 0 Å². The van der Waals surface area contributed by atoms with Crippen molar-refractivity contribution in [2.45, 2.75) is 97.7 Å². The minimum Gasteiger partial charge on any atom is -0.396 e. The zero-order valence-electron chi connectivity index (χ0n) is 18.6. The molecule has 6 unspecified atom stereocenters. The summed E-state index contributed by atoms with van der Waals surface area (Å²) < 4.78 is 0.